The van der Waals surface area contributed by atoms with E-state index in [1.807, 2.05) is 6.92 Å². The first-order valence-corrected chi connectivity index (χ1v) is 4.89. The zero-order valence-corrected chi connectivity index (χ0v) is 8.21. The highest BCUT2D eigenvalue weighted by molar-refractivity contribution is 4.90. The average Bonchev–Trinajstić information content (AvgIpc) is 2.21. The fraction of sp³-hybridized carbons (Fsp3) is 1.00. The number of rotatable bonds is 3. The summed E-state index contributed by atoms with van der Waals surface area (Å²) in [7, 11) is 0. The standard InChI is InChI=1S/C9H18O5/c1-2-5-6(3-10)14-7(4-11)9(13)8(5)12/h5-13H,2-4H2,1H3/t5-,6?,7+,8?,9-/m1/s1. The summed E-state index contributed by atoms with van der Waals surface area (Å²) in [5.74, 6) is -0.280. The Morgan fingerprint density at radius 1 is 1.00 bits per heavy atom. The van der Waals surface area contributed by atoms with Crippen LogP contribution in [0.5, 0.6) is 0 Å². The van der Waals surface area contributed by atoms with E-state index in [4.69, 9.17) is 14.9 Å². The summed E-state index contributed by atoms with van der Waals surface area (Å²) < 4.78 is 5.26. The molecule has 84 valence electrons. The molecule has 1 fully saturated rings. The Hall–Kier alpha value is -0.200. The van der Waals surface area contributed by atoms with Gasteiger partial charge in [0, 0.05) is 5.92 Å². The highest BCUT2D eigenvalue weighted by atomic mass is 16.5. The molecule has 1 aliphatic rings. The number of aliphatic hydroxyl groups is 4. The quantitative estimate of drug-likeness (QED) is 0.450. The molecule has 0 amide bonds. The second kappa shape index (κ2) is 5.04. The summed E-state index contributed by atoms with van der Waals surface area (Å²) >= 11 is 0. The van der Waals surface area contributed by atoms with Crippen LogP contribution in [-0.2, 0) is 4.74 Å². The molecule has 14 heavy (non-hydrogen) atoms. The van der Waals surface area contributed by atoms with E-state index >= 15 is 0 Å². The van der Waals surface area contributed by atoms with Crippen LogP contribution in [0, 0.1) is 5.92 Å². The van der Waals surface area contributed by atoms with Gasteiger partial charge in [-0.25, -0.2) is 0 Å². The second-order valence-electron chi connectivity index (χ2n) is 3.63. The van der Waals surface area contributed by atoms with Crippen LogP contribution in [0.1, 0.15) is 13.3 Å². The molecule has 1 saturated heterocycles. The van der Waals surface area contributed by atoms with Gasteiger partial charge >= 0.3 is 0 Å². The summed E-state index contributed by atoms with van der Waals surface area (Å²) in [6, 6.07) is 0. The first-order valence-electron chi connectivity index (χ1n) is 4.89. The Morgan fingerprint density at radius 2 is 1.57 bits per heavy atom. The van der Waals surface area contributed by atoms with Gasteiger partial charge in [-0.05, 0) is 6.42 Å². The molecule has 5 nitrogen and oxygen atoms in total. The molecule has 0 aliphatic carbocycles. The Balaban J connectivity index is 2.71. The van der Waals surface area contributed by atoms with Crippen LogP contribution >= 0.6 is 0 Å². The van der Waals surface area contributed by atoms with E-state index in [1.54, 1.807) is 0 Å². The molecular formula is C9H18O5. The predicted molar refractivity (Wildman–Crippen MR) is 48.6 cm³/mol. The Bertz CT molecular complexity index is 173. The van der Waals surface area contributed by atoms with Crippen molar-refractivity contribution in [1.82, 2.24) is 0 Å². The van der Waals surface area contributed by atoms with Crippen molar-refractivity contribution in [2.45, 2.75) is 37.8 Å². The van der Waals surface area contributed by atoms with Gasteiger partial charge in [0.15, 0.2) is 0 Å². The van der Waals surface area contributed by atoms with E-state index in [2.05, 4.69) is 0 Å². The number of hydrogen-bond acceptors (Lipinski definition) is 5. The van der Waals surface area contributed by atoms with Crippen molar-refractivity contribution < 1.29 is 25.2 Å². The minimum absolute atomic E-state index is 0.210. The van der Waals surface area contributed by atoms with Crippen molar-refractivity contribution in [2.24, 2.45) is 5.92 Å². The van der Waals surface area contributed by atoms with Crippen molar-refractivity contribution in [3.8, 4) is 0 Å². The van der Waals surface area contributed by atoms with E-state index in [9.17, 15) is 10.2 Å². The molecule has 2 unspecified atom stereocenters. The maximum absolute atomic E-state index is 9.69. The first-order chi connectivity index (χ1) is 6.65. The van der Waals surface area contributed by atoms with Crippen molar-refractivity contribution >= 4 is 0 Å². The molecular weight excluding hydrogens is 188 g/mol. The lowest BCUT2D eigenvalue weighted by atomic mass is 9.85. The average molecular weight is 206 g/mol. The molecule has 0 aromatic heterocycles. The molecule has 4 N–H and O–H groups in total. The van der Waals surface area contributed by atoms with Gasteiger partial charge in [-0.15, -0.1) is 0 Å². The van der Waals surface area contributed by atoms with Gasteiger partial charge in [0.2, 0.25) is 0 Å². The molecule has 5 atom stereocenters. The summed E-state index contributed by atoms with van der Waals surface area (Å²) in [5.41, 5.74) is 0. The minimum Gasteiger partial charge on any atom is -0.394 e. The van der Waals surface area contributed by atoms with Gasteiger partial charge in [0.1, 0.15) is 12.2 Å². The van der Waals surface area contributed by atoms with E-state index in [0.29, 0.717) is 6.42 Å². The fourth-order valence-corrected chi connectivity index (χ4v) is 1.93. The normalized spacial score (nSPS) is 43.9. The lowest BCUT2D eigenvalue weighted by Crippen LogP contribution is -2.56. The highest BCUT2D eigenvalue weighted by Gasteiger charge is 2.42. The number of hydrogen-bond donors (Lipinski definition) is 4. The van der Waals surface area contributed by atoms with Crippen LogP contribution < -0.4 is 0 Å². The second-order valence-corrected chi connectivity index (χ2v) is 3.63. The van der Waals surface area contributed by atoms with Gasteiger partial charge in [-0.3, -0.25) is 0 Å². The molecule has 0 saturated carbocycles. The van der Waals surface area contributed by atoms with Gasteiger partial charge < -0.3 is 25.2 Å². The van der Waals surface area contributed by atoms with Crippen LogP contribution in [0.25, 0.3) is 0 Å². The van der Waals surface area contributed by atoms with E-state index in [0.717, 1.165) is 0 Å². The third-order valence-corrected chi connectivity index (χ3v) is 2.83. The Morgan fingerprint density at radius 3 is 2.00 bits per heavy atom. The maximum Gasteiger partial charge on any atom is 0.109 e. The minimum atomic E-state index is -1.08. The fourth-order valence-electron chi connectivity index (χ4n) is 1.93. The molecule has 0 bridgehead atoms. The maximum atomic E-state index is 9.69. The summed E-state index contributed by atoms with van der Waals surface area (Å²) in [5, 5.41) is 37.1. The smallest absolute Gasteiger partial charge is 0.109 e. The van der Waals surface area contributed by atoms with Crippen molar-refractivity contribution in [3.63, 3.8) is 0 Å². The number of aliphatic hydroxyl groups excluding tert-OH is 4. The highest BCUT2D eigenvalue weighted by Crippen LogP contribution is 2.28. The molecule has 1 rings (SSSR count). The Labute approximate surface area is 82.9 Å². The van der Waals surface area contributed by atoms with Crippen LogP contribution in [0.3, 0.4) is 0 Å². The van der Waals surface area contributed by atoms with Crippen molar-refractivity contribution in [1.29, 1.82) is 0 Å². The monoisotopic (exact) mass is 206 g/mol. The lowest BCUT2D eigenvalue weighted by molar-refractivity contribution is -0.216. The van der Waals surface area contributed by atoms with Gasteiger partial charge in [-0.2, -0.15) is 0 Å². The van der Waals surface area contributed by atoms with Gasteiger partial charge in [-0.1, -0.05) is 6.92 Å². The molecule has 0 aromatic carbocycles. The predicted octanol–water partition coefficient (Wildman–Crippen LogP) is -1.51. The topological polar surface area (TPSA) is 90.2 Å². The third kappa shape index (κ3) is 2.07. The lowest BCUT2D eigenvalue weighted by Gasteiger charge is -2.41. The third-order valence-electron chi connectivity index (χ3n) is 2.83. The summed E-state index contributed by atoms with van der Waals surface area (Å²) in [6.45, 7) is 1.29. The molecule has 0 spiro atoms. The van der Waals surface area contributed by atoms with Crippen LogP contribution in [0.15, 0.2) is 0 Å². The first kappa shape index (κ1) is 11.9. The van der Waals surface area contributed by atoms with Gasteiger partial charge in [0.25, 0.3) is 0 Å². The molecule has 1 aliphatic heterocycles. The van der Waals surface area contributed by atoms with E-state index in [-0.39, 0.29) is 19.1 Å². The Kier molecular flexibility index (Phi) is 4.28. The van der Waals surface area contributed by atoms with Gasteiger partial charge in [0.05, 0.1) is 25.4 Å². The van der Waals surface area contributed by atoms with E-state index in [1.165, 1.54) is 0 Å². The molecule has 1 heterocycles. The summed E-state index contributed by atoms with van der Waals surface area (Å²) in [4.78, 5) is 0. The van der Waals surface area contributed by atoms with Crippen LogP contribution in [0.2, 0.25) is 0 Å². The van der Waals surface area contributed by atoms with Crippen LogP contribution in [-0.4, -0.2) is 58.1 Å². The molecule has 5 heteroatoms. The number of ether oxygens (including phenoxy) is 1. The SMILES string of the molecule is CC[C@@H]1C(CO)O[C@@H](CO)[C@@H](O)C1O. The zero-order valence-electron chi connectivity index (χ0n) is 8.21. The van der Waals surface area contributed by atoms with Crippen LogP contribution in [0.4, 0.5) is 0 Å². The molecule has 0 radical (unpaired) electrons. The largest absolute Gasteiger partial charge is 0.394 e. The van der Waals surface area contributed by atoms with Crippen molar-refractivity contribution in [3.05, 3.63) is 0 Å². The zero-order chi connectivity index (χ0) is 10.7. The van der Waals surface area contributed by atoms with Crippen molar-refractivity contribution in [2.75, 3.05) is 13.2 Å². The van der Waals surface area contributed by atoms with E-state index < -0.39 is 24.4 Å². The molecule has 0 aromatic rings. The summed E-state index contributed by atoms with van der Waals surface area (Å²) in [6.07, 6.45) is -2.71.